The second kappa shape index (κ2) is 12.3. The molecule has 0 aliphatic heterocycles. The zero-order chi connectivity index (χ0) is 18.8. The van der Waals surface area contributed by atoms with Gasteiger partial charge in [-0.25, -0.2) is 0 Å². The van der Waals surface area contributed by atoms with E-state index in [2.05, 4.69) is 15.6 Å². The second-order valence-electron chi connectivity index (χ2n) is 5.73. The van der Waals surface area contributed by atoms with Gasteiger partial charge in [-0.3, -0.25) is 4.99 Å². The summed E-state index contributed by atoms with van der Waals surface area (Å²) in [6, 6.07) is 15.5. The normalized spacial score (nSPS) is 11.8. The van der Waals surface area contributed by atoms with Crippen LogP contribution in [0.25, 0.3) is 0 Å². The first-order chi connectivity index (χ1) is 12.7. The smallest absolute Gasteiger partial charge is 0.191 e. The minimum absolute atomic E-state index is 0. The summed E-state index contributed by atoms with van der Waals surface area (Å²) in [6.07, 6.45) is -0.0502. The van der Waals surface area contributed by atoms with Gasteiger partial charge in [-0.15, -0.1) is 24.0 Å². The van der Waals surface area contributed by atoms with E-state index in [-0.39, 0.29) is 30.1 Å². The topological polar surface area (TPSA) is 64.1 Å². The van der Waals surface area contributed by atoms with E-state index in [0.29, 0.717) is 13.1 Å². The van der Waals surface area contributed by atoms with Crippen molar-refractivity contribution in [1.82, 2.24) is 10.6 Å². The summed E-state index contributed by atoms with van der Waals surface area (Å²) >= 11 is 0. The quantitative estimate of drug-likeness (QED) is 0.341. The molecule has 7 heteroatoms. The average Bonchev–Trinajstić information content (AvgIpc) is 2.69. The molecule has 0 heterocycles. The highest BCUT2D eigenvalue weighted by atomic mass is 127. The van der Waals surface area contributed by atoms with Crippen LogP contribution >= 0.6 is 24.0 Å². The molecular formula is C20H28IN3O3. The first kappa shape index (κ1) is 22.9. The van der Waals surface area contributed by atoms with Gasteiger partial charge in [0.2, 0.25) is 0 Å². The lowest BCUT2D eigenvalue weighted by Gasteiger charge is -2.19. The summed E-state index contributed by atoms with van der Waals surface area (Å²) in [5.74, 6) is 3.02. The number of rotatable bonds is 8. The number of para-hydroxylation sites is 2. The summed E-state index contributed by atoms with van der Waals surface area (Å²) < 4.78 is 16.4. The van der Waals surface area contributed by atoms with Gasteiger partial charge in [-0.05, 0) is 36.8 Å². The molecule has 0 aliphatic carbocycles. The van der Waals surface area contributed by atoms with E-state index in [9.17, 15) is 0 Å². The predicted octanol–water partition coefficient (Wildman–Crippen LogP) is 3.45. The third-order valence-electron chi connectivity index (χ3n) is 3.80. The van der Waals surface area contributed by atoms with Crippen LogP contribution in [0.2, 0.25) is 0 Å². The minimum Gasteiger partial charge on any atom is -0.497 e. The van der Waals surface area contributed by atoms with Crippen molar-refractivity contribution in [2.24, 2.45) is 4.99 Å². The van der Waals surface area contributed by atoms with Crippen molar-refractivity contribution < 1.29 is 14.2 Å². The summed E-state index contributed by atoms with van der Waals surface area (Å²) in [5, 5.41) is 6.55. The largest absolute Gasteiger partial charge is 0.497 e. The molecule has 0 fully saturated rings. The van der Waals surface area contributed by atoms with Crippen LogP contribution in [-0.2, 0) is 6.54 Å². The molecule has 0 aromatic heterocycles. The van der Waals surface area contributed by atoms with Gasteiger partial charge >= 0.3 is 0 Å². The molecule has 2 rings (SSSR count). The Labute approximate surface area is 178 Å². The molecule has 0 saturated heterocycles. The maximum Gasteiger partial charge on any atom is 0.191 e. The Morgan fingerprint density at radius 1 is 0.963 bits per heavy atom. The number of ether oxygens (including phenoxy) is 3. The number of methoxy groups -OCH3 is 2. The second-order valence-corrected chi connectivity index (χ2v) is 5.73. The third-order valence-corrected chi connectivity index (χ3v) is 3.80. The fourth-order valence-corrected chi connectivity index (χ4v) is 2.36. The van der Waals surface area contributed by atoms with Crippen LogP contribution < -0.4 is 24.8 Å². The van der Waals surface area contributed by atoms with Crippen molar-refractivity contribution in [2.75, 3.05) is 27.8 Å². The summed E-state index contributed by atoms with van der Waals surface area (Å²) in [5.41, 5.74) is 1.15. The van der Waals surface area contributed by atoms with Crippen molar-refractivity contribution in [1.29, 1.82) is 0 Å². The van der Waals surface area contributed by atoms with Gasteiger partial charge in [-0.2, -0.15) is 0 Å². The van der Waals surface area contributed by atoms with Gasteiger partial charge in [0.05, 0.1) is 20.8 Å². The highest BCUT2D eigenvalue weighted by Gasteiger charge is 2.09. The van der Waals surface area contributed by atoms with Crippen molar-refractivity contribution in [3.05, 3.63) is 54.1 Å². The van der Waals surface area contributed by atoms with Crippen LogP contribution in [0.5, 0.6) is 17.2 Å². The molecule has 0 bridgehead atoms. The Bertz CT molecular complexity index is 708. The number of halogens is 1. The zero-order valence-electron chi connectivity index (χ0n) is 16.2. The van der Waals surface area contributed by atoms with E-state index in [1.807, 2.05) is 55.5 Å². The first-order valence-electron chi connectivity index (χ1n) is 8.53. The first-order valence-corrected chi connectivity index (χ1v) is 8.53. The fraction of sp³-hybridized carbons (Fsp3) is 0.350. The molecule has 0 amide bonds. The van der Waals surface area contributed by atoms with Crippen molar-refractivity contribution in [2.45, 2.75) is 19.6 Å². The number of nitrogens with one attached hydrogen (secondary N) is 2. The van der Waals surface area contributed by atoms with Crippen molar-refractivity contribution >= 4 is 29.9 Å². The lowest BCUT2D eigenvalue weighted by Crippen LogP contribution is -2.41. The van der Waals surface area contributed by atoms with E-state index < -0.39 is 0 Å². The number of nitrogens with zero attached hydrogens (tertiary/aromatic N) is 1. The number of aliphatic imine (C=N–C) groups is 1. The van der Waals surface area contributed by atoms with E-state index in [1.54, 1.807) is 21.3 Å². The lowest BCUT2D eigenvalue weighted by molar-refractivity contribution is 0.213. The van der Waals surface area contributed by atoms with Gasteiger partial charge < -0.3 is 24.8 Å². The SMILES string of the molecule is CN=C(NCc1ccc(OC)cc1)NCC(C)Oc1ccccc1OC.I. The highest BCUT2D eigenvalue weighted by Crippen LogP contribution is 2.26. The Hall–Kier alpha value is -2.16. The van der Waals surface area contributed by atoms with Crippen LogP contribution in [0.1, 0.15) is 12.5 Å². The molecule has 1 unspecified atom stereocenters. The fourth-order valence-electron chi connectivity index (χ4n) is 2.36. The van der Waals surface area contributed by atoms with Crippen LogP contribution in [0, 0.1) is 0 Å². The van der Waals surface area contributed by atoms with Crippen molar-refractivity contribution in [3.63, 3.8) is 0 Å². The highest BCUT2D eigenvalue weighted by molar-refractivity contribution is 14.0. The Morgan fingerprint density at radius 2 is 1.63 bits per heavy atom. The van der Waals surface area contributed by atoms with E-state index >= 15 is 0 Å². The average molecular weight is 485 g/mol. The minimum atomic E-state index is -0.0502. The molecule has 1 atom stereocenters. The van der Waals surface area contributed by atoms with Gasteiger partial charge in [0, 0.05) is 13.6 Å². The van der Waals surface area contributed by atoms with Gasteiger partial charge in [0.25, 0.3) is 0 Å². The number of hydrogen-bond donors (Lipinski definition) is 2. The predicted molar refractivity (Wildman–Crippen MR) is 120 cm³/mol. The molecule has 27 heavy (non-hydrogen) atoms. The zero-order valence-corrected chi connectivity index (χ0v) is 18.5. The van der Waals surface area contributed by atoms with Gasteiger partial charge in [0.1, 0.15) is 11.9 Å². The number of hydrogen-bond acceptors (Lipinski definition) is 4. The molecule has 2 aromatic rings. The lowest BCUT2D eigenvalue weighted by atomic mass is 10.2. The van der Waals surface area contributed by atoms with Crippen molar-refractivity contribution in [3.8, 4) is 17.2 Å². The molecular weight excluding hydrogens is 457 g/mol. The molecule has 0 spiro atoms. The van der Waals surface area contributed by atoms with Crippen LogP contribution in [0.4, 0.5) is 0 Å². The Morgan fingerprint density at radius 3 is 2.22 bits per heavy atom. The Kier molecular flexibility index (Phi) is 10.4. The molecule has 0 saturated carbocycles. The molecule has 0 aliphatic rings. The molecule has 148 valence electrons. The van der Waals surface area contributed by atoms with Gasteiger partial charge in [-0.1, -0.05) is 24.3 Å². The Balaban J connectivity index is 0.00000364. The van der Waals surface area contributed by atoms with E-state index in [0.717, 1.165) is 28.8 Å². The maximum absolute atomic E-state index is 5.94. The molecule has 2 N–H and O–H groups in total. The van der Waals surface area contributed by atoms with E-state index in [1.165, 1.54) is 0 Å². The standard InChI is InChI=1S/C20H27N3O3.HI/c1-15(26-19-8-6-5-7-18(19)25-4)13-22-20(21-2)23-14-16-9-11-17(24-3)12-10-16;/h5-12,15H,13-14H2,1-4H3,(H2,21,22,23);1H. The monoisotopic (exact) mass is 485 g/mol. The van der Waals surface area contributed by atoms with Gasteiger partial charge in [0.15, 0.2) is 17.5 Å². The summed E-state index contributed by atoms with van der Waals surface area (Å²) in [7, 11) is 5.04. The molecule has 2 aromatic carbocycles. The summed E-state index contributed by atoms with van der Waals surface area (Å²) in [6.45, 7) is 3.28. The maximum atomic E-state index is 5.94. The van der Waals surface area contributed by atoms with Crippen LogP contribution in [0.15, 0.2) is 53.5 Å². The number of guanidine groups is 1. The third kappa shape index (κ3) is 7.54. The van der Waals surface area contributed by atoms with Crippen LogP contribution in [-0.4, -0.2) is 39.9 Å². The number of benzene rings is 2. The molecule has 6 nitrogen and oxygen atoms in total. The summed E-state index contributed by atoms with van der Waals surface area (Å²) in [4.78, 5) is 4.24. The van der Waals surface area contributed by atoms with E-state index in [4.69, 9.17) is 14.2 Å². The molecule has 0 radical (unpaired) electrons. The van der Waals surface area contributed by atoms with Crippen LogP contribution in [0.3, 0.4) is 0 Å².